The number of carbonyl (C=O) groups is 1. The van der Waals surface area contributed by atoms with Crippen molar-refractivity contribution in [3.63, 3.8) is 0 Å². The first-order chi connectivity index (χ1) is 7.46. The highest BCUT2D eigenvalue weighted by Crippen LogP contribution is 2.27. The summed E-state index contributed by atoms with van der Waals surface area (Å²) in [6.45, 7) is 7.20. The van der Waals surface area contributed by atoms with Gasteiger partial charge in [-0.1, -0.05) is 0 Å². The fourth-order valence-electron chi connectivity index (χ4n) is 2.30. The number of hydrogen-bond donors (Lipinski definition) is 1. The molecule has 1 aliphatic heterocycles. The first kappa shape index (κ1) is 13.5. The van der Waals surface area contributed by atoms with Gasteiger partial charge in [-0.25, -0.2) is 0 Å². The van der Waals surface area contributed by atoms with E-state index in [2.05, 4.69) is 13.8 Å². The number of nitrogens with zero attached hydrogens (tertiary/aromatic N) is 1. The number of aliphatic hydroxyl groups is 1. The van der Waals surface area contributed by atoms with Crippen molar-refractivity contribution in [2.75, 3.05) is 19.8 Å². The largest absolute Gasteiger partial charge is 0.396 e. The van der Waals surface area contributed by atoms with Gasteiger partial charge in [0.15, 0.2) is 0 Å². The second kappa shape index (κ2) is 5.64. The molecule has 0 aliphatic carbocycles. The minimum Gasteiger partial charge on any atom is -0.396 e. The van der Waals surface area contributed by atoms with E-state index in [0.29, 0.717) is 19.6 Å². The molecule has 0 saturated carbocycles. The van der Waals surface area contributed by atoms with E-state index in [0.717, 1.165) is 12.8 Å². The highest BCUT2D eigenvalue weighted by Gasteiger charge is 2.32. The van der Waals surface area contributed by atoms with Crippen LogP contribution < -0.4 is 0 Å². The van der Waals surface area contributed by atoms with Gasteiger partial charge >= 0.3 is 0 Å². The molecule has 0 aromatic rings. The summed E-state index contributed by atoms with van der Waals surface area (Å²) >= 11 is 0. The van der Waals surface area contributed by atoms with Gasteiger partial charge in [0.25, 0.3) is 0 Å². The van der Waals surface area contributed by atoms with Crippen molar-refractivity contribution in [1.82, 2.24) is 4.90 Å². The Morgan fingerprint density at radius 1 is 1.56 bits per heavy atom. The Kier molecular flexibility index (Phi) is 4.74. The third-order valence-corrected chi connectivity index (χ3v) is 3.07. The van der Waals surface area contributed by atoms with Crippen molar-refractivity contribution in [1.29, 1.82) is 0 Å². The molecule has 0 aromatic heterocycles. The van der Waals surface area contributed by atoms with Gasteiger partial charge in [0.05, 0.1) is 5.60 Å². The summed E-state index contributed by atoms with van der Waals surface area (Å²) in [6, 6.07) is 0.257. The van der Waals surface area contributed by atoms with Gasteiger partial charge in [-0.3, -0.25) is 4.79 Å². The number of ether oxygens (including phenoxy) is 1. The molecule has 1 aliphatic rings. The number of carbonyl (C=O) groups excluding carboxylic acids is 1. The van der Waals surface area contributed by atoms with E-state index in [-0.39, 0.29) is 24.2 Å². The van der Waals surface area contributed by atoms with Crippen LogP contribution in [0.2, 0.25) is 0 Å². The summed E-state index contributed by atoms with van der Waals surface area (Å²) < 4.78 is 5.64. The van der Waals surface area contributed by atoms with Gasteiger partial charge in [0, 0.05) is 32.7 Å². The first-order valence-corrected chi connectivity index (χ1v) is 5.98. The van der Waals surface area contributed by atoms with E-state index < -0.39 is 0 Å². The topological polar surface area (TPSA) is 49.8 Å². The molecule has 1 atom stereocenters. The molecule has 0 spiro atoms. The van der Waals surface area contributed by atoms with Gasteiger partial charge in [0.2, 0.25) is 5.91 Å². The van der Waals surface area contributed by atoms with Crippen molar-refractivity contribution in [3.8, 4) is 0 Å². The smallest absolute Gasteiger partial charge is 0.219 e. The summed E-state index contributed by atoms with van der Waals surface area (Å²) in [4.78, 5) is 13.4. The molecule has 4 heteroatoms. The highest BCUT2D eigenvalue weighted by atomic mass is 16.5. The maximum Gasteiger partial charge on any atom is 0.219 e. The number of aliphatic hydroxyl groups excluding tert-OH is 1. The van der Waals surface area contributed by atoms with Crippen LogP contribution in [0.1, 0.15) is 40.0 Å². The molecule has 1 N–H and O–H groups in total. The van der Waals surface area contributed by atoms with Crippen LogP contribution >= 0.6 is 0 Å². The molecule has 0 radical (unpaired) electrons. The average molecular weight is 229 g/mol. The molecule has 16 heavy (non-hydrogen) atoms. The first-order valence-electron chi connectivity index (χ1n) is 5.98. The van der Waals surface area contributed by atoms with Crippen molar-refractivity contribution < 1.29 is 14.6 Å². The molecule has 1 heterocycles. The molecule has 1 amide bonds. The average Bonchev–Trinajstić information content (AvgIpc) is 2.16. The Bertz CT molecular complexity index is 240. The Hall–Kier alpha value is -0.610. The Morgan fingerprint density at radius 2 is 2.25 bits per heavy atom. The van der Waals surface area contributed by atoms with Gasteiger partial charge < -0.3 is 14.7 Å². The van der Waals surface area contributed by atoms with E-state index in [4.69, 9.17) is 9.84 Å². The lowest BCUT2D eigenvalue weighted by Gasteiger charge is -2.41. The van der Waals surface area contributed by atoms with E-state index in [9.17, 15) is 4.79 Å². The molecule has 4 nitrogen and oxygen atoms in total. The minimum absolute atomic E-state index is 0.0937. The summed E-state index contributed by atoms with van der Waals surface area (Å²) in [5.74, 6) is 0.0937. The molecule has 94 valence electrons. The fourth-order valence-corrected chi connectivity index (χ4v) is 2.30. The maximum atomic E-state index is 11.6. The summed E-state index contributed by atoms with van der Waals surface area (Å²) in [5.41, 5.74) is -0.143. The summed E-state index contributed by atoms with van der Waals surface area (Å²) in [5, 5.41) is 8.84. The molecule has 0 aromatic carbocycles. The number of rotatable bonds is 4. The molecular formula is C12H23NO3. The van der Waals surface area contributed by atoms with E-state index in [1.54, 1.807) is 6.92 Å². The van der Waals surface area contributed by atoms with E-state index in [1.807, 2.05) is 4.90 Å². The van der Waals surface area contributed by atoms with Crippen molar-refractivity contribution >= 4 is 5.91 Å². The molecule has 0 bridgehead atoms. The highest BCUT2D eigenvalue weighted by molar-refractivity contribution is 5.73. The van der Waals surface area contributed by atoms with Gasteiger partial charge in [-0.05, 0) is 33.1 Å². The monoisotopic (exact) mass is 229 g/mol. The fraction of sp³-hybridized carbons (Fsp3) is 0.917. The molecule has 1 fully saturated rings. The summed E-state index contributed by atoms with van der Waals surface area (Å²) in [6.07, 6.45) is 2.42. The van der Waals surface area contributed by atoms with Gasteiger partial charge in [0.1, 0.15) is 0 Å². The minimum atomic E-state index is -0.143. The van der Waals surface area contributed by atoms with E-state index >= 15 is 0 Å². The number of hydrogen-bond acceptors (Lipinski definition) is 3. The van der Waals surface area contributed by atoms with Crippen LogP contribution in [0, 0.1) is 0 Å². The van der Waals surface area contributed by atoms with Crippen LogP contribution in [0.15, 0.2) is 0 Å². The molecular weight excluding hydrogens is 206 g/mol. The van der Waals surface area contributed by atoms with Crippen molar-refractivity contribution in [2.45, 2.75) is 51.7 Å². The van der Waals surface area contributed by atoms with Crippen molar-refractivity contribution in [3.05, 3.63) is 0 Å². The molecule has 1 saturated heterocycles. The second-order valence-corrected chi connectivity index (χ2v) is 5.04. The van der Waals surface area contributed by atoms with Crippen LogP contribution in [0.3, 0.4) is 0 Å². The normalized spacial score (nSPS) is 24.1. The Balaban J connectivity index is 2.59. The van der Waals surface area contributed by atoms with Gasteiger partial charge in [-0.15, -0.1) is 0 Å². The van der Waals surface area contributed by atoms with Crippen molar-refractivity contribution in [2.24, 2.45) is 0 Å². The SMILES string of the molecule is CC(=O)N(CCCO)C1CCOC(C)(C)C1. The third kappa shape index (κ3) is 3.76. The molecule has 1 rings (SSSR count). The predicted octanol–water partition coefficient (Wildman–Crippen LogP) is 1.17. The second-order valence-electron chi connectivity index (χ2n) is 5.04. The zero-order chi connectivity index (χ0) is 12.2. The van der Waals surface area contributed by atoms with Crippen LogP contribution in [-0.2, 0) is 9.53 Å². The standard InChI is InChI=1S/C12H23NO3/c1-10(15)13(6-4-7-14)11-5-8-16-12(2,3)9-11/h11,14H,4-9H2,1-3H3. The number of amides is 1. The Morgan fingerprint density at radius 3 is 2.75 bits per heavy atom. The lowest BCUT2D eigenvalue weighted by molar-refractivity contribution is -0.138. The lowest BCUT2D eigenvalue weighted by Crippen LogP contribution is -2.48. The Labute approximate surface area is 97.6 Å². The van der Waals surface area contributed by atoms with Gasteiger partial charge in [-0.2, -0.15) is 0 Å². The lowest BCUT2D eigenvalue weighted by atomic mass is 9.92. The predicted molar refractivity (Wildman–Crippen MR) is 62.1 cm³/mol. The zero-order valence-corrected chi connectivity index (χ0v) is 10.5. The van der Waals surface area contributed by atoms with Crippen LogP contribution in [0.25, 0.3) is 0 Å². The maximum absolute atomic E-state index is 11.6. The zero-order valence-electron chi connectivity index (χ0n) is 10.5. The van der Waals surface area contributed by atoms with E-state index in [1.165, 1.54) is 0 Å². The quantitative estimate of drug-likeness (QED) is 0.787. The summed E-state index contributed by atoms with van der Waals surface area (Å²) in [7, 11) is 0. The van der Waals surface area contributed by atoms with Crippen LogP contribution in [0.5, 0.6) is 0 Å². The van der Waals surface area contributed by atoms with Crippen LogP contribution in [0.4, 0.5) is 0 Å². The van der Waals surface area contributed by atoms with Crippen LogP contribution in [-0.4, -0.2) is 47.3 Å². The molecule has 1 unspecified atom stereocenters. The third-order valence-electron chi connectivity index (χ3n) is 3.07.